The van der Waals surface area contributed by atoms with Crippen LogP contribution in [0.4, 0.5) is 8.78 Å². The molecule has 9 heteroatoms. The number of hydroxylamine groups is 3. The van der Waals surface area contributed by atoms with E-state index in [-0.39, 0.29) is 22.7 Å². The van der Waals surface area contributed by atoms with Crippen molar-refractivity contribution in [2.75, 3.05) is 13.7 Å². The van der Waals surface area contributed by atoms with Crippen LogP contribution >= 0.6 is 23.2 Å². The fourth-order valence-corrected chi connectivity index (χ4v) is 4.84. The summed E-state index contributed by atoms with van der Waals surface area (Å²) in [6.45, 7) is 1.07. The summed E-state index contributed by atoms with van der Waals surface area (Å²) in [6, 6.07) is 17.6. The van der Waals surface area contributed by atoms with Gasteiger partial charge in [-0.25, -0.2) is 4.84 Å². The van der Waals surface area contributed by atoms with Crippen LogP contribution in [0.1, 0.15) is 22.8 Å². The van der Waals surface area contributed by atoms with Crippen molar-refractivity contribution in [1.29, 1.82) is 0 Å². The van der Waals surface area contributed by atoms with Gasteiger partial charge in [-0.1, -0.05) is 53.5 Å². The summed E-state index contributed by atoms with van der Waals surface area (Å²) >= 11 is 12.9. The normalized spacial score (nSPS) is 22.9. The number of quaternary nitrogens is 1. The molecule has 3 aromatic rings. The van der Waals surface area contributed by atoms with Crippen molar-refractivity contribution in [2.45, 2.75) is 25.5 Å². The quantitative estimate of drug-likeness (QED) is 0.386. The lowest BCUT2D eigenvalue weighted by molar-refractivity contribution is -1.12. The first kappa shape index (κ1) is 22.2. The molecular formula is C24H20Cl2F2NO4+. The molecule has 2 unspecified atom stereocenters. The van der Waals surface area contributed by atoms with Gasteiger partial charge in [0.05, 0.1) is 22.7 Å². The number of alkyl halides is 2. The van der Waals surface area contributed by atoms with Crippen molar-refractivity contribution < 1.29 is 32.5 Å². The second-order valence-electron chi connectivity index (χ2n) is 8.00. The number of benzene rings is 3. The first-order chi connectivity index (χ1) is 15.8. The molecule has 0 saturated heterocycles. The molecule has 172 valence electrons. The highest BCUT2D eigenvalue weighted by molar-refractivity contribution is 6.35. The average molecular weight is 495 g/mol. The molecule has 2 atom stereocenters. The summed E-state index contributed by atoms with van der Waals surface area (Å²) < 4.78 is 43.6. The molecule has 0 N–H and O–H groups in total. The van der Waals surface area contributed by atoms with Crippen LogP contribution < -0.4 is 14.2 Å². The number of halogens is 4. The Hall–Kier alpha value is -2.58. The van der Waals surface area contributed by atoms with Gasteiger partial charge in [0.2, 0.25) is 0 Å². The van der Waals surface area contributed by atoms with Crippen molar-refractivity contribution in [3.05, 3.63) is 87.4 Å². The Balaban J connectivity index is 1.61. The van der Waals surface area contributed by atoms with Gasteiger partial charge in [-0.05, 0) is 30.3 Å². The van der Waals surface area contributed by atoms with E-state index in [1.54, 1.807) is 37.4 Å². The molecule has 0 aromatic heterocycles. The molecule has 0 aliphatic carbocycles. The fourth-order valence-electron chi connectivity index (χ4n) is 4.32. The Morgan fingerprint density at radius 2 is 1.67 bits per heavy atom. The van der Waals surface area contributed by atoms with Gasteiger partial charge in [0, 0.05) is 11.1 Å². The molecule has 0 fully saturated rings. The molecule has 2 aliphatic rings. The number of para-hydroxylation sites is 2. The highest BCUT2D eigenvalue weighted by atomic mass is 35.5. The third kappa shape index (κ3) is 4.22. The summed E-state index contributed by atoms with van der Waals surface area (Å²) in [5, 5.41) is 1.04. The van der Waals surface area contributed by atoms with Crippen LogP contribution in [0.25, 0.3) is 0 Å². The van der Waals surface area contributed by atoms with Gasteiger partial charge in [-0.15, -0.1) is 8.78 Å². The number of ether oxygens (including phenoxy) is 3. The van der Waals surface area contributed by atoms with Crippen LogP contribution in [0.2, 0.25) is 10.0 Å². The summed E-state index contributed by atoms with van der Waals surface area (Å²) in [7, 11) is 1.60. The molecule has 2 heterocycles. The van der Waals surface area contributed by atoms with Crippen molar-refractivity contribution in [3.8, 4) is 17.2 Å². The predicted octanol–water partition coefficient (Wildman–Crippen LogP) is 6.53. The number of rotatable bonds is 4. The van der Waals surface area contributed by atoms with E-state index in [1.807, 2.05) is 24.3 Å². The predicted molar refractivity (Wildman–Crippen MR) is 118 cm³/mol. The Morgan fingerprint density at radius 1 is 0.970 bits per heavy atom. The number of fused-ring (bicyclic) bond motifs is 2. The summed E-state index contributed by atoms with van der Waals surface area (Å²) in [6.07, 6.45) is -4.42. The van der Waals surface area contributed by atoms with Gasteiger partial charge in [0.15, 0.2) is 24.1 Å². The van der Waals surface area contributed by atoms with Gasteiger partial charge in [-0.3, -0.25) is 0 Å². The van der Waals surface area contributed by atoms with Crippen LogP contribution in [0.5, 0.6) is 17.2 Å². The Morgan fingerprint density at radius 3 is 2.42 bits per heavy atom. The SMILES string of the molecule is CO[N+]1(Cc2c(Cl)cccc2Cl)Cc2ccccc2OC(c2cccc3c2OC(F)(F)O3)C1. The number of hydrogen-bond donors (Lipinski definition) is 0. The van der Waals surface area contributed by atoms with Gasteiger partial charge in [0.25, 0.3) is 0 Å². The molecule has 5 nitrogen and oxygen atoms in total. The summed E-state index contributed by atoms with van der Waals surface area (Å²) in [5.41, 5.74) is 2.07. The summed E-state index contributed by atoms with van der Waals surface area (Å²) in [4.78, 5) is 6.06. The van der Waals surface area contributed by atoms with Crippen molar-refractivity contribution >= 4 is 23.2 Å². The lowest BCUT2D eigenvalue weighted by Crippen LogP contribution is -2.47. The van der Waals surface area contributed by atoms with E-state index < -0.39 is 12.4 Å². The molecule has 33 heavy (non-hydrogen) atoms. The third-order valence-corrected chi connectivity index (χ3v) is 6.61. The minimum absolute atomic E-state index is 0.0386. The van der Waals surface area contributed by atoms with Gasteiger partial charge >= 0.3 is 6.29 Å². The zero-order valence-corrected chi connectivity index (χ0v) is 19.1. The van der Waals surface area contributed by atoms with Crippen molar-refractivity contribution in [1.82, 2.24) is 0 Å². The number of hydrogen-bond acceptors (Lipinski definition) is 4. The first-order valence-electron chi connectivity index (χ1n) is 10.3. The standard InChI is InChI=1S/C24H20Cl2F2NO4/c1-30-29(13-17-18(25)8-5-9-19(17)26)12-15-6-2-3-10-20(15)31-22(14-29)16-7-4-11-21-23(16)33-24(27,28)32-21/h2-11,22H,12-14H2,1H3/q+1. The monoisotopic (exact) mass is 494 g/mol. The molecule has 0 amide bonds. The van der Waals surface area contributed by atoms with E-state index >= 15 is 0 Å². The maximum Gasteiger partial charge on any atom is 0.586 e. The molecule has 0 bridgehead atoms. The van der Waals surface area contributed by atoms with E-state index in [0.29, 0.717) is 34.4 Å². The Labute approximate surface area is 199 Å². The molecule has 3 aromatic carbocycles. The largest absolute Gasteiger partial charge is 0.586 e. The van der Waals surface area contributed by atoms with E-state index in [1.165, 1.54) is 6.07 Å². The smallest absolute Gasteiger partial charge is 0.479 e. The molecule has 5 rings (SSSR count). The first-order valence-corrected chi connectivity index (χ1v) is 11.0. The lowest BCUT2D eigenvalue weighted by atomic mass is 10.1. The Bertz CT molecular complexity index is 1190. The fraction of sp³-hybridized carbons (Fsp3) is 0.250. The zero-order valence-electron chi connectivity index (χ0n) is 17.6. The van der Waals surface area contributed by atoms with Crippen LogP contribution in [-0.2, 0) is 17.9 Å². The average Bonchev–Trinajstić information content (AvgIpc) is 3.00. The lowest BCUT2D eigenvalue weighted by Gasteiger charge is -2.35. The highest BCUT2D eigenvalue weighted by Crippen LogP contribution is 2.48. The minimum atomic E-state index is -3.74. The second kappa shape index (κ2) is 8.33. The second-order valence-corrected chi connectivity index (χ2v) is 8.81. The van der Waals surface area contributed by atoms with Crippen LogP contribution in [-0.4, -0.2) is 24.6 Å². The van der Waals surface area contributed by atoms with Crippen LogP contribution in [0.3, 0.4) is 0 Å². The molecule has 0 spiro atoms. The molecule has 2 aliphatic heterocycles. The van der Waals surface area contributed by atoms with Crippen molar-refractivity contribution in [3.63, 3.8) is 0 Å². The molecule has 0 saturated carbocycles. The molecular weight excluding hydrogens is 475 g/mol. The summed E-state index contributed by atoms with van der Waals surface area (Å²) in [5.74, 6) is 0.549. The molecule has 0 radical (unpaired) electrons. The topological polar surface area (TPSA) is 36.9 Å². The van der Waals surface area contributed by atoms with Crippen molar-refractivity contribution in [2.24, 2.45) is 0 Å². The zero-order chi connectivity index (χ0) is 23.2. The van der Waals surface area contributed by atoms with E-state index in [2.05, 4.69) is 4.74 Å². The van der Waals surface area contributed by atoms with Gasteiger partial charge < -0.3 is 14.2 Å². The van der Waals surface area contributed by atoms with E-state index in [4.69, 9.17) is 37.5 Å². The van der Waals surface area contributed by atoms with E-state index in [0.717, 1.165) is 11.1 Å². The maximum absolute atomic E-state index is 13.9. The highest BCUT2D eigenvalue weighted by Gasteiger charge is 2.47. The van der Waals surface area contributed by atoms with Gasteiger partial charge in [0.1, 0.15) is 18.8 Å². The van der Waals surface area contributed by atoms with Crippen LogP contribution in [0, 0.1) is 0 Å². The van der Waals surface area contributed by atoms with Crippen LogP contribution in [0.15, 0.2) is 60.7 Å². The minimum Gasteiger partial charge on any atom is -0.479 e. The maximum atomic E-state index is 13.9. The number of nitrogens with zero attached hydrogens (tertiary/aromatic N) is 1. The third-order valence-electron chi connectivity index (χ3n) is 5.90. The van der Waals surface area contributed by atoms with E-state index in [9.17, 15) is 8.78 Å². The van der Waals surface area contributed by atoms with Gasteiger partial charge in [-0.2, -0.15) is 4.65 Å². The Kier molecular flexibility index (Phi) is 5.61.